The summed E-state index contributed by atoms with van der Waals surface area (Å²) in [5.41, 5.74) is 0.0678. The highest BCUT2D eigenvalue weighted by molar-refractivity contribution is 5.00. The smallest absolute Gasteiger partial charge is 0.0726 e. The maximum Gasteiger partial charge on any atom is 0.0726 e. The summed E-state index contributed by atoms with van der Waals surface area (Å²) >= 11 is 0. The van der Waals surface area contributed by atoms with E-state index in [9.17, 15) is 5.11 Å². The Morgan fingerprint density at radius 3 is 2.30 bits per heavy atom. The van der Waals surface area contributed by atoms with Crippen molar-refractivity contribution in [3.8, 4) is 0 Å². The van der Waals surface area contributed by atoms with Crippen LogP contribution in [0.5, 0.6) is 0 Å². The minimum Gasteiger partial charge on any atom is -0.391 e. The second-order valence-electron chi connectivity index (χ2n) is 7.69. The molecule has 2 heteroatoms. The fraction of sp³-hybridized carbons (Fsp3) is 1.00. The third-order valence-electron chi connectivity index (χ3n) is 6.99. The van der Waals surface area contributed by atoms with Crippen LogP contribution in [-0.4, -0.2) is 34.7 Å². The van der Waals surface area contributed by atoms with Gasteiger partial charge in [0.25, 0.3) is 0 Å². The molecule has 0 radical (unpaired) electrons. The van der Waals surface area contributed by atoms with E-state index >= 15 is 0 Å². The summed E-state index contributed by atoms with van der Waals surface area (Å²) in [5.74, 6) is 2.77. The highest BCUT2D eigenvalue weighted by atomic mass is 16.3. The quantitative estimate of drug-likeness (QED) is 0.799. The molecule has 0 aromatic heterocycles. The number of likely N-dealkylation sites (tertiary alicyclic amines) is 1. The molecule has 116 valence electrons. The molecule has 0 aromatic rings. The summed E-state index contributed by atoms with van der Waals surface area (Å²) in [7, 11) is 0. The van der Waals surface area contributed by atoms with Gasteiger partial charge in [0.05, 0.1) is 6.10 Å². The lowest BCUT2D eigenvalue weighted by molar-refractivity contribution is -0.0428. The molecule has 3 rings (SSSR count). The van der Waals surface area contributed by atoms with Gasteiger partial charge in [-0.3, -0.25) is 4.90 Å². The van der Waals surface area contributed by atoms with Crippen molar-refractivity contribution in [1.29, 1.82) is 0 Å². The van der Waals surface area contributed by atoms with Gasteiger partial charge in [0.2, 0.25) is 0 Å². The van der Waals surface area contributed by atoms with Crippen LogP contribution >= 0.6 is 0 Å². The van der Waals surface area contributed by atoms with Gasteiger partial charge in [-0.05, 0) is 82.2 Å². The number of hydrogen-bond donors (Lipinski definition) is 1. The highest BCUT2D eigenvalue weighted by Crippen LogP contribution is 2.51. The lowest BCUT2D eigenvalue weighted by Crippen LogP contribution is -2.55. The lowest BCUT2D eigenvalue weighted by Gasteiger charge is -2.46. The van der Waals surface area contributed by atoms with Gasteiger partial charge in [0.15, 0.2) is 0 Å². The Kier molecular flexibility index (Phi) is 4.42. The molecule has 2 saturated carbocycles. The highest BCUT2D eigenvalue weighted by Gasteiger charge is 2.46. The second kappa shape index (κ2) is 5.96. The third-order valence-corrected chi connectivity index (χ3v) is 6.99. The monoisotopic (exact) mass is 279 g/mol. The van der Waals surface area contributed by atoms with Crippen LogP contribution in [0, 0.1) is 17.8 Å². The average molecular weight is 279 g/mol. The first-order chi connectivity index (χ1) is 9.69. The molecule has 4 atom stereocenters. The first-order valence-corrected chi connectivity index (χ1v) is 9.12. The van der Waals surface area contributed by atoms with Gasteiger partial charge in [0, 0.05) is 5.54 Å². The number of rotatable bonds is 6. The molecular weight excluding hydrogens is 246 g/mol. The van der Waals surface area contributed by atoms with Gasteiger partial charge in [0.1, 0.15) is 0 Å². The van der Waals surface area contributed by atoms with Crippen molar-refractivity contribution >= 4 is 0 Å². The fourth-order valence-corrected chi connectivity index (χ4v) is 5.71. The molecule has 1 saturated heterocycles. The number of hydrogen-bond acceptors (Lipinski definition) is 2. The normalized spacial score (nSPS) is 35.9. The Hall–Kier alpha value is -0.0800. The van der Waals surface area contributed by atoms with E-state index in [-0.39, 0.29) is 11.6 Å². The second-order valence-corrected chi connectivity index (χ2v) is 7.69. The number of aliphatic hydroxyl groups is 1. The van der Waals surface area contributed by atoms with Gasteiger partial charge in [-0.2, -0.15) is 0 Å². The Labute approximate surface area is 124 Å². The summed E-state index contributed by atoms with van der Waals surface area (Å²) < 4.78 is 0. The summed E-state index contributed by atoms with van der Waals surface area (Å²) in [6.45, 7) is 6.97. The van der Waals surface area contributed by atoms with Crippen molar-refractivity contribution in [1.82, 2.24) is 4.90 Å². The van der Waals surface area contributed by atoms with Crippen molar-refractivity contribution in [2.45, 2.75) is 83.3 Å². The first-order valence-electron chi connectivity index (χ1n) is 9.12. The van der Waals surface area contributed by atoms with Gasteiger partial charge in [-0.25, -0.2) is 0 Å². The Bertz CT molecular complexity index is 319. The van der Waals surface area contributed by atoms with E-state index in [1.54, 1.807) is 0 Å². The fourth-order valence-electron chi connectivity index (χ4n) is 5.71. The molecule has 0 amide bonds. The number of fused-ring (bicyclic) bond motifs is 2. The van der Waals surface area contributed by atoms with E-state index in [0.29, 0.717) is 0 Å². The summed E-state index contributed by atoms with van der Waals surface area (Å²) in [6.07, 6.45) is 11.6. The SMILES string of the molecule is CCC(CC)(C(O)CC1CC2CCC1C2)N1CCCC1. The Morgan fingerprint density at radius 2 is 1.80 bits per heavy atom. The average Bonchev–Trinajstić information content (AvgIpc) is 3.18. The minimum atomic E-state index is -0.111. The van der Waals surface area contributed by atoms with Crippen molar-refractivity contribution in [3.63, 3.8) is 0 Å². The third kappa shape index (κ3) is 2.43. The maximum absolute atomic E-state index is 11.1. The van der Waals surface area contributed by atoms with E-state index in [0.717, 1.165) is 37.0 Å². The molecule has 1 heterocycles. The molecule has 2 bridgehead atoms. The zero-order valence-corrected chi connectivity index (χ0v) is 13.5. The number of aliphatic hydroxyl groups excluding tert-OH is 1. The van der Waals surface area contributed by atoms with Gasteiger partial charge in [-0.1, -0.05) is 20.3 Å². The van der Waals surface area contributed by atoms with E-state index in [1.165, 1.54) is 51.6 Å². The molecule has 0 aromatic carbocycles. The van der Waals surface area contributed by atoms with Crippen molar-refractivity contribution < 1.29 is 5.11 Å². The van der Waals surface area contributed by atoms with E-state index in [2.05, 4.69) is 18.7 Å². The zero-order valence-electron chi connectivity index (χ0n) is 13.5. The van der Waals surface area contributed by atoms with Crippen LogP contribution in [0.3, 0.4) is 0 Å². The van der Waals surface area contributed by atoms with Gasteiger partial charge < -0.3 is 5.11 Å². The predicted molar refractivity (Wildman–Crippen MR) is 83.7 cm³/mol. The molecule has 3 fully saturated rings. The van der Waals surface area contributed by atoms with Crippen molar-refractivity contribution in [2.75, 3.05) is 13.1 Å². The van der Waals surface area contributed by atoms with Crippen molar-refractivity contribution in [3.05, 3.63) is 0 Å². The molecule has 0 spiro atoms. The topological polar surface area (TPSA) is 23.5 Å². The Balaban J connectivity index is 1.67. The van der Waals surface area contributed by atoms with Crippen LogP contribution in [0.4, 0.5) is 0 Å². The van der Waals surface area contributed by atoms with Crippen LogP contribution in [0.2, 0.25) is 0 Å². The van der Waals surface area contributed by atoms with Crippen LogP contribution in [0.1, 0.15) is 71.6 Å². The molecule has 20 heavy (non-hydrogen) atoms. The zero-order chi connectivity index (χ0) is 14.2. The van der Waals surface area contributed by atoms with Gasteiger partial charge in [-0.15, -0.1) is 0 Å². The molecule has 4 unspecified atom stereocenters. The molecule has 2 aliphatic carbocycles. The van der Waals surface area contributed by atoms with Crippen LogP contribution in [0.25, 0.3) is 0 Å². The Morgan fingerprint density at radius 1 is 1.10 bits per heavy atom. The summed E-state index contributed by atoms with van der Waals surface area (Å²) in [5, 5.41) is 11.1. The molecule has 1 aliphatic heterocycles. The van der Waals surface area contributed by atoms with E-state index in [4.69, 9.17) is 0 Å². The minimum absolute atomic E-state index is 0.0678. The first kappa shape index (κ1) is 14.8. The summed E-state index contributed by atoms with van der Waals surface area (Å²) in [6, 6.07) is 0. The number of nitrogens with zero attached hydrogens (tertiary/aromatic N) is 1. The maximum atomic E-state index is 11.1. The van der Waals surface area contributed by atoms with Crippen molar-refractivity contribution in [2.24, 2.45) is 17.8 Å². The van der Waals surface area contributed by atoms with Crippen LogP contribution in [0.15, 0.2) is 0 Å². The lowest BCUT2D eigenvalue weighted by atomic mass is 9.76. The molecular formula is C18H33NO. The predicted octanol–water partition coefficient (Wildman–Crippen LogP) is 3.83. The summed E-state index contributed by atoms with van der Waals surface area (Å²) in [4.78, 5) is 2.62. The molecule has 1 N–H and O–H groups in total. The molecule has 2 nitrogen and oxygen atoms in total. The standard InChI is InChI=1S/C18H33NO/c1-3-18(4-2,19-9-5-6-10-19)17(20)13-16-12-14-7-8-15(16)11-14/h14-17,20H,3-13H2,1-2H3. The molecule has 3 aliphatic rings. The largest absolute Gasteiger partial charge is 0.391 e. The van der Waals surface area contributed by atoms with E-state index < -0.39 is 0 Å². The van der Waals surface area contributed by atoms with E-state index in [1.807, 2.05) is 0 Å². The van der Waals surface area contributed by atoms with Crippen LogP contribution in [-0.2, 0) is 0 Å². The van der Waals surface area contributed by atoms with Gasteiger partial charge >= 0.3 is 0 Å². The van der Waals surface area contributed by atoms with Crippen LogP contribution < -0.4 is 0 Å².